The summed E-state index contributed by atoms with van der Waals surface area (Å²) >= 11 is 1.33. The standard InChI is InChI=1S/C10H13N5OS/c1-7(8(16)14(2)3)17-10-12-9-11-5-4-6-15(9)13-10/h4-7H,1-3H3. The van der Waals surface area contributed by atoms with Crippen LogP contribution in [-0.2, 0) is 4.79 Å². The number of amides is 1. The SMILES string of the molecule is CC(Sc1nc2ncccn2n1)C(=O)N(C)C. The summed E-state index contributed by atoms with van der Waals surface area (Å²) in [5.74, 6) is 0.585. The largest absolute Gasteiger partial charge is 0.348 e. The number of carbonyl (C=O) groups excluding carboxylic acids is 1. The molecule has 0 aliphatic carbocycles. The van der Waals surface area contributed by atoms with Gasteiger partial charge in [0.25, 0.3) is 5.78 Å². The number of fused-ring (bicyclic) bond motifs is 1. The van der Waals surface area contributed by atoms with Gasteiger partial charge in [-0.3, -0.25) is 4.79 Å². The number of thioether (sulfide) groups is 1. The highest BCUT2D eigenvalue weighted by Crippen LogP contribution is 2.20. The van der Waals surface area contributed by atoms with Gasteiger partial charge in [0, 0.05) is 26.5 Å². The molecule has 2 rings (SSSR count). The topological polar surface area (TPSA) is 63.4 Å². The zero-order chi connectivity index (χ0) is 12.4. The second-order valence-corrected chi connectivity index (χ2v) is 5.06. The molecule has 0 aromatic carbocycles. The van der Waals surface area contributed by atoms with Crippen LogP contribution in [0.3, 0.4) is 0 Å². The highest BCUT2D eigenvalue weighted by Gasteiger charge is 2.18. The Balaban J connectivity index is 2.16. The van der Waals surface area contributed by atoms with E-state index in [9.17, 15) is 4.79 Å². The number of nitrogens with zero attached hydrogens (tertiary/aromatic N) is 5. The molecular formula is C10H13N5OS. The summed E-state index contributed by atoms with van der Waals surface area (Å²) < 4.78 is 1.59. The van der Waals surface area contributed by atoms with Gasteiger partial charge in [-0.15, -0.1) is 5.10 Å². The van der Waals surface area contributed by atoms with Gasteiger partial charge in [0.2, 0.25) is 11.1 Å². The van der Waals surface area contributed by atoms with E-state index < -0.39 is 0 Å². The van der Waals surface area contributed by atoms with Gasteiger partial charge in [-0.25, -0.2) is 9.50 Å². The van der Waals surface area contributed by atoms with E-state index >= 15 is 0 Å². The van der Waals surface area contributed by atoms with Gasteiger partial charge in [-0.2, -0.15) is 4.98 Å². The molecule has 0 bridgehead atoms. The van der Waals surface area contributed by atoms with Crippen molar-refractivity contribution in [2.75, 3.05) is 14.1 Å². The molecule has 1 unspecified atom stereocenters. The average molecular weight is 251 g/mol. The van der Waals surface area contributed by atoms with Gasteiger partial charge in [0.05, 0.1) is 5.25 Å². The van der Waals surface area contributed by atoms with Gasteiger partial charge >= 0.3 is 0 Å². The first-order valence-electron chi connectivity index (χ1n) is 5.13. The summed E-state index contributed by atoms with van der Waals surface area (Å²) in [6.07, 6.45) is 3.44. The zero-order valence-corrected chi connectivity index (χ0v) is 10.7. The van der Waals surface area contributed by atoms with Crippen LogP contribution in [0.5, 0.6) is 0 Å². The first kappa shape index (κ1) is 11.8. The van der Waals surface area contributed by atoms with Crippen LogP contribution in [0.1, 0.15) is 6.92 Å². The van der Waals surface area contributed by atoms with Crippen molar-refractivity contribution in [3.8, 4) is 0 Å². The Hall–Kier alpha value is -1.63. The minimum absolute atomic E-state index is 0.0433. The first-order valence-corrected chi connectivity index (χ1v) is 6.01. The Labute approximate surface area is 103 Å². The molecular weight excluding hydrogens is 238 g/mol. The van der Waals surface area contributed by atoms with Crippen molar-refractivity contribution in [2.24, 2.45) is 0 Å². The van der Waals surface area contributed by atoms with E-state index in [-0.39, 0.29) is 11.2 Å². The monoisotopic (exact) mass is 251 g/mol. The van der Waals surface area contributed by atoms with Crippen LogP contribution in [0, 0.1) is 0 Å². The maximum absolute atomic E-state index is 11.7. The van der Waals surface area contributed by atoms with Crippen molar-refractivity contribution in [2.45, 2.75) is 17.3 Å². The van der Waals surface area contributed by atoms with Crippen molar-refractivity contribution in [3.05, 3.63) is 18.5 Å². The number of hydrogen-bond acceptors (Lipinski definition) is 5. The predicted octanol–water partition coefficient (Wildman–Crippen LogP) is 0.693. The normalized spacial score (nSPS) is 12.6. The predicted molar refractivity (Wildman–Crippen MR) is 64.8 cm³/mol. The maximum atomic E-state index is 11.7. The maximum Gasteiger partial charge on any atom is 0.253 e. The third kappa shape index (κ3) is 2.55. The van der Waals surface area contributed by atoms with Crippen LogP contribution < -0.4 is 0 Å². The van der Waals surface area contributed by atoms with Crippen LogP contribution in [0.2, 0.25) is 0 Å². The number of hydrogen-bond donors (Lipinski definition) is 0. The molecule has 90 valence electrons. The smallest absolute Gasteiger partial charge is 0.253 e. The fourth-order valence-corrected chi connectivity index (χ4v) is 2.23. The number of carbonyl (C=O) groups is 1. The minimum atomic E-state index is -0.206. The molecule has 2 heterocycles. The summed E-state index contributed by atoms with van der Waals surface area (Å²) in [6, 6.07) is 1.78. The van der Waals surface area contributed by atoms with Crippen molar-refractivity contribution in [3.63, 3.8) is 0 Å². The van der Waals surface area contributed by atoms with E-state index in [4.69, 9.17) is 0 Å². The minimum Gasteiger partial charge on any atom is -0.348 e. The van der Waals surface area contributed by atoms with Crippen molar-refractivity contribution >= 4 is 23.4 Å². The van der Waals surface area contributed by atoms with E-state index in [2.05, 4.69) is 15.1 Å². The highest BCUT2D eigenvalue weighted by molar-refractivity contribution is 8.00. The molecule has 0 fully saturated rings. The second-order valence-electron chi connectivity index (χ2n) is 3.75. The molecule has 1 atom stereocenters. The lowest BCUT2D eigenvalue weighted by Gasteiger charge is -2.14. The molecule has 0 saturated heterocycles. The Kier molecular flexibility index (Phi) is 3.28. The molecule has 1 amide bonds. The zero-order valence-electron chi connectivity index (χ0n) is 9.86. The molecule has 0 aliphatic heterocycles. The lowest BCUT2D eigenvalue weighted by molar-refractivity contribution is -0.127. The third-order valence-electron chi connectivity index (χ3n) is 2.17. The summed E-state index contributed by atoms with van der Waals surface area (Å²) in [6.45, 7) is 1.84. The third-order valence-corrected chi connectivity index (χ3v) is 3.11. The number of aromatic nitrogens is 4. The molecule has 0 saturated carbocycles. The Morgan fingerprint density at radius 1 is 1.53 bits per heavy atom. The summed E-state index contributed by atoms with van der Waals surface area (Å²) in [5, 5.41) is 4.59. The molecule has 0 N–H and O–H groups in total. The number of rotatable bonds is 3. The van der Waals surface area contributed by atoms with Crippen molar-refractivity contribution in [1.82, 2.24) is 24.5 Å². The van der Waals surface area contributed by atoms with Gasteiger partial charge in [0.1, 0.15) is 0 Å². The summed E-state index contributed by atoms with van der Waals surface area (Å²) in [5.41, 5.74) is 0. The Bertz CT molecular complexity index is 505. The van der Waals surface area contributed by atoms with E-state index in [0.29, 0.717) is 10.9 Å². The first-order chi connectivity index (χ1) is 8.08. The van der Waals surface area contributed by atoms with Crippen molar-refractivity contribution < 1.29 is 4.79 Å². The van der Waals surface area contributed by atoms with E-state index in [1.807, 2.05) is 6.92 Å². The van der Waals surface area contributed by atoms with Crippen LogP contribution in [0.25, 0.3) is 5.78 Å². The van der Waals surface area contributed by atoms with Gasteiger partial charge in [-0.05, 0) is 13.0 Å². The molecule has 6 nitrogen and oxygen atoms in total. The molecule has 0 radical (unpaired) electrons. The van der Waals surface area contributed by atoms with Gasteiger partial charge in [-0.1, -0.05) is 11.8 Å². The lowest BCUT2D eigenvalue weighted by atomic mass is 10.4. The highest BCUT2D eigenvalue weighted by atomic mass is 32.2. The second kappa shape index (κ2) is 4.70. The average Bonchev–Trinajstić information content (AvgIpc) is 2.69. The summed E-state index contributed by atoms with van der Waals surface area (Å²) in [7, 11) is 3.47. The van der Waals surface area contributed by atoms with Crippen LogP contribution >= 0.6 is 11.8 Å². The van der Waals surface area contributed by atoms with Gasteiger partial charge in [0.15, 0.2) is 0 Å². The molecule has 7 heteroatoms. The van der Waals surface area contributed by atoms with E-state index in [1.165, 1.54) is 11.8 Å². The fraction of sp³-hybridized carbons (Fsp3) is 0.400. The Morgan fingerprint density at radius 2 is 2.29 bits per heavy atom. The molecule has 2 aromatic heterocycles. The molecule has 0 spiro atoms. The quantitative estimate of drug-likeness (QED) is 0.751. The van der Waals surface area contributed by atoms with Gasteiger partial charge < -0.3 is 4.90 Å². The van der Waals surface area contributed by atoms with Crippen molar-refractivity contribution in [1.29, 1.82) is 0 Å². The van der Waals surface area contributed by atoms with E-state index in [0.717, 1.165) is 0 Å². The lowest BCUT2D eigenvalue weighted by Crippen LogP contribution is -2.29. The van der Waals surface area contributed by atoms with Crippen LogP contribution in [0.15, 0.2) is 23.6 Å². The molecule has 2 aromatic rings. The summed E-state index contributed by atoms with van der Waals surface area (Å²) in [4.78, 5) is 21.5. The Morgan fingerprint density at radius 3 is 2.94 bits per heavy atom. The van der Waals surface area contributed by atoms with Crippen LogP contribution in [-0.4, -0.2) is 49.7 Å². The fourth-order valence-electron chi connectivity index (χ4n) is 1.34. The van der Waals surface area contributed by atoms with Crippen LogP contribution in [0.4, 0.5) is 0 Å². The molecule has 0 aliphatic rings. The van der Waals surface area contributed by atoms with E-state index in [1.54, 1.807) is 42.0 Å². The molecule has 17 heavy (non-hydrogen) atoms.